The molecule has 6 aliphatic carbocycles. The summed E-state index contributed by atoms with van der Waals surface area (Å²) < 4.78 is 0. The highest BCUT2D eigenvalue weighted by molar-refractivity contribution is 6.06. The van der Waals surface area contributed by atoms with E-state index >= 15 is 0 Å². The fourth-order valence-corrected chi connectivity index (χ4v) is 14.2. The second kappa shape index (κ2) is 12.7. The predicted octanol–water partition coefficient (Wildman–Crippen LogP) is 16.2. The average Bonchev–Trinajstić information content (AvgIpc) is 4.11. The van der Waals surface area contributed by atoms with E-state index in [9.17, 15) is 0 Å². The lowest BCUT2D eigenvalue weighted by Gasteiger charge is -2.34. The first-order chi connectivity index (χ1) is 32.5. The average molecular weight is 840 g/mol. The van der Waals surface area contributed by atoms with Crippen LogP contribution < -0.4 is 4.90 Å². The second-order valence-corrected chi connectivity index (χ2v) is 19.7. The molecule has 1 nitrogen and oxygen atoms in total. The van der Waals surface area contributed by atoms with E-state index in [2.05, 4.69) is 231 Å². The molecule has 310 valence electrons. The third kappa shape index (κ3) is 4.20. The van der Waals surface area contributed by atoms with Crippen molar-refractivity contribution in [1.82, 2.24) is 0 Å². The van der Waals surface area contributed by atoms with Crippen LogP contribution in [-0.4, -0.2) is 0 Å². The van der Waals surface area contributed by atoms with Gasteiger partial charge in [0.1, 0.15) is 0 Å². The molecule has 6 aliphatic rings. The molecule has 0 N–H and O–H groups in total. The number of rotatable bonds is 3. The van der Waals surface area contributed by atoms with Crippen molar-refractivity contribution >= 4 is 22.6 Å². The van der Waals surface area contributed by atoms with Crippen molar-refractivity contribution in [2.75, 3.05) is 4.90 Å². The van der Waals surface area contributed by atoms with Crippen molar-refractivity contribution in [2.45, 2.75) is 42.9 Å². The highest BCUT2D eigenvalue weighted by Crippen LogP contribution is 2.68. The van der Waals surface area contributed by atoms with E-state index in [1.807, 2.05) is 0 Å². The summed E-state index contributed by atoms with van der Waals surface area (Å²) in [6, 6.07) is 76.9. The van der Waals surface area contributed by atoms with Crippen LogP contribution in [0.4, 0.5) is 17.1 Å². The van der Waals surface area contributed by atoms with Gasteiger partial charge in [-0.05, 0) is 132 Å². The lowest BCUT2D eigenvalue weighted by atomic mass is 9.70. The van der Waals surface area contributed by atoms with Gasteiger partial charge in [-0.1, -0.05) is 207 Å². The highest BCUT2D eigenvalue weighted by atomic mass is 15.1. The molecule has 9 aromatic carbocycles. The quantitative estimate of drug-likeness (QED) is 0.171. The molecular formula is C65H45N. The molecule has 0 aromatic heterocycles. The lowest BCUT2D eigenvalue weighted by molar-refractivity contribution is 0.607. The summed E-state index contributed by atoms with van der Waals surface area (Å²) in [6.07, 6.45) is 6.96. The Kier molecular flexibility index (Phi) is 7.06. The minimum atomic E-state index is -0.456. The number of hydrogen-bond acceptors (Lipinski definition) is 1. The summed E-state index contributed by atoms with van der Waals surface area (Å²) in [5.41, 5.74) is 29.7. The molecule has 0 bridgehead atoms. The Balaban J connectivity index is 1.06. The van der Waals surface area contributed by atoms with E-state index in [1.165, 1.54) is 123 Å². The van der Waals surface area contributed by atoms with Crippen LogP contribution in [0.3, 0.4) is 0 Å². The monoisotopic (exact) mass is 839 g/mol. The normalized spacial score (nSPS) is 16.8. The van der Waals surface area contributed by atoms with Gasteiger partial charge in [-0.25, -0.2) is 0 Å². The van der Waals surface area contributed by atoms with Crippen LogP contribution in [0, 0.1) is 0 Å². The fraction of sp³-hybridized carbons (Fsp3) is 0.108. The zero-order valence-electron chi connectivity index (χ0n) is 37.1. The van der Waals surface area contributed by atoms with Crippen molar-refractivity contribution in [1.29, 1.82) is 0 Å². The Labute approximate surface area is 386 Å². The summed E-state index contributed by atoms with van der Waals surface area (Å²) in [7, 11) is 0. The SMILES string of the molecule is CC1(C)C2=C(C=CCC2)c2ccc(N(c3cccc4c3-c3ccccc3C43c4ccccc4-c4ccccc43)c3cccc4c3-c3ccccc3C43c4ccccc4-c4ccccc43)cc21. The molecule has 1 heteroatoms. The minimum absolute atomic E-state index is 0.0871. The summed E-state index contributed by atoms with van der Waals surface area (Å²) in [4.78, 5) is 2.66. The van der Waals surface area contributed by atoms with Crippen LogP contribution in [0.25, 0.3) is 50.1 Å². The number of anilines is 3. The summed E-state index contributed by atoms with van der Waals surface area (Å²) in [6.45, 7) is 4.90. The first-order valence-electron chi connectivity index (χ1n) is 23.7. The first kappa shape index (κ1) is 36.6. The van der Waals surface area contributed by atoms with Gasteiger partial charge in [0.25, 0.3) is 0 Å². The molecule has 2 spiro atoms. The smallest absolute Gasteiger partial charge is 0.0726 e. The van der Waals surface area contributed by atoms with Crippen LogP contribution in [0.15, 0.2) is 218 Å². The van der Waals surface area contributed by atoms with Crippen molar-refractivity contribution in [3.8, 4) is 44.5 Å². The molecule has 66 heavy (non-hydrogen) atoms. The van der Waals surface area contributed by atoms with Gasteiger partial charge in [0, 0.05) is 22.2 Å². The first-order valence-corrected chi connectivity index (χ1v) is 23.7. The predicted molar refractivity (Wildman–Crippen MR) is 272 cm³/mol. The van der Waals surface area contributed by atoms with E-state index in [0.717, 1.165) is 12.8 Å². The molecule has 0 aliphatic heterocycles. The molecule has 0 saturated heterocycles. The molecular weight excluding hydrogens is 795 g/mol. The lowest BCUT2D eigenvalue weighted by Crippen LogP contribution is -2.26. The van der Waals surface area contributed by atoms with Gasteiger partial charge in [0.15, 0.2) is 0 Å². The fourth-order valence-electron chi connectivity index (χ4n) is 14.2. The molecule has 0 saturated carbocycles. The van der Waals surface area contributed by atoms with E-state index in [4.69, 9.17) is 0 Å². The van der Waals surface area contributed by atoms with E-state index in [0.29, 0.717) is 0 Å². The largest absolute Gasteiger partial charge is 0.309 e. The van der Waals surface area contributed by atoms with Crippen molar-refractivity contribution < 1.29 is 0 Å². The van der Waals surface area contributed by atoms with Gasteiger partial charge in [-0.15, -0.1) is 0 Å². The molecule has 0 heterocycles. The molecule has 0 atom stereocenters. The Morgan fingerprint density at radius 3 is 1.21 bits per heavy atom. The second-order valence-electron chi connectivity index (χ2n) is 19.7. The van der Waals surface area contributed by atoms with E-state index < -0.39 is 10.8 Å². The Morgan fingerprint density at radius 2 is 0.758 bits per heavy atom. The van der Waals surface area contributed by atoms with Gasteiger partial charge in [-0.3, -0.25) is 0 Å². The number of nitrogens with zero attached hydrogens (tertiary/aromatic N) is 1. The van der Waals surface area contributed by atoms with Crippen LogP contribution in [-0.2, 0) is 16.2 Å². The topological polar surface area (TPSA) is 3.24 Å². The van der Waals surface area contributed by atoms with E-state index in [-0.39, 0.29) is 5.41 Å². The molecule has 15 rings (SSSR count). The maximum absolute atomic E-state index is 2.66. The van der Waals surface area contributed by atoms with Crippen molar-refractivity contribution in [3.63, 3.8) is 0 Å². The molecule has 9 aromatic rings. The van der Waals surface area contributed by atoms with E-state index in [1.54, 1.807) is 5.57 Å². The number of hydrogen-bond donors (Lipinski definition) is 0. The van der Waals surface area contributed by atoms with Crippen LogP contribution in [0.5, 0.6) is 0 Å². The van der Waals surface area contributed by atoms with Crippen LogP contribution >= 0.6 is 0 Å². The zero-order chi connectivity index (χ0) is 43.5. The van der Waals surface area contributed by atoms with Gasteiger partial charge in [-0.2, -0.15) is 0 Å². The third-order valence-electron chi connectivity index (χ3n) is 16.6. The maximum atomic E-state index is 2.66. The maximum Gasteiger partial charge on any atom is 0.0726 e. The van der Waals surface area contributed by atoms with Crippen molar-refractivity contribution in [2.24, 2.45) is 0 Å². The minimum Gasteiger partial charge on any atom is -0.309 e. The highest BCUT2D eigenvalue weighted by Gasteiger charge is 2.54. The molecule has 0 unspecified atom stereocenters. The number of benzene rings is 9. The van der Waals surface area contributed by atoms with Gasteiger partial charge in [0.05, 0.1) is 22.2 Å². The zero-order valence-corrected chi connectivity index (χ0v) is 37.1. The number of allylic oxidation sites excluding steroid dienone is 4. The van der Waals surface area contributed by atoms with Gasteiger partial charge >= 0.3 is 0 Å². The number of fused-ring (bicyclic) bond motifs is 22. The summed E-state index contributed by atoms with van der Waals surface area (Å²) >= 11 is 0. The summed E-state index contributed by atoms with van der Waals surface area (Å²) in [5.74, 6) is 0. The Bertz CT molecular complexity index is 3420. The Hall–Kier alpha value is -7.74. The third-order valence-corrected chi connectivity index (χ3v) is 16.6. The Morgan fingerprint density at radius 1 is 0.364 bits per heavy atom. The van der Waals surface area contributed by atoms with Crippen LogP contribution in [0.2, 0.25) is 0 Å². The van der Waals surface area contributed by atoms with Crippen molar-refractivity contribution in [3.05, 3.63) is 274 Å². The molecule has 0 radical (unpaired) electrons. The molecule has 0 amide bonds. The van der Waals surface area contributed by atoms with Crippen LogP contribution in [0.1, 0.15) is 82.3 Å². The summed E-state index contributed by atoms with van der Waals surface area (Å²) in [5, 5.41) is 0. The molecule has 0 fully saturated rings. The van der Waals surface area contributed by atoms with Gasteiger partial charge < -0.3 is 4.90 Å². The standard InChI is InChI=1S/C65H45N/c1-63(2)49-26-10-3-19-41(49)46-38-37-40(39-58(46)63)66(59-35-17-33-56-61(59)47-24-8-15-31-54(47)64(56)50-27-11-4-20-42(50)43-21-5-12-28-51(43)64)60-36-18-34-57-62(60)48-25-9-16-32-55(48)65(57)52-29-13-6-22-44(52)45-23-7-14-30-53(45)65/h3-9,11-25,27-39H,10,26H2,1-2H3. The van der Waals surface area contributed by atoms with Gasteiger partial charge in [0.2, 0.25) is 0 Å².